The Morgan fingerprint density at radius 2 is 1.84 bits per heavy atom. The lowest BCUT2D eigenvalue weighted by molar-refractivity contribution is -0.137. The van der Waals surface area contributed by atoms with E-state index in [0.29, 0.717) is 30.3 Å². The first kappa shape index (κ1) is 20.9. The number of ether oxygens (including phenoxy) is 1. The summed E-state index contributed by atoms with van der Waals surface area (Å²) in [6.07, 6.45) is -0.411. The lowest BCUT2D eigenvalue weighted by Crippen LogP contribution is -2.07. The van der Waals surface area contributed by atoms with Crippen molar-refractivity contribution in [1.82, 2.24) is 14.5 Å². The Hall–Kier alpha value is -3.39. The van der Waals surface area contributed by atoms with Crippen molar-refractivity contribution in [2.45, 2.75) is 12.6 Å². The number of halogens is 3. The van der Waals surface area contributed by atoms with Gasteiger partial charge >= 0.3 is 6.18 Å². The van der Waals surface area contributed by atoms with Crippen molar-refractivity contribution in [3.05, 3.63) is 72.7 Å². The van der Waals surface area contributed by atoms with Gasteiger partial charge in [-0.2, -0.15) is 13.2 Å². The largest absolute Gasteiger partial charge is 0.416 e. The zero-order valence-electron chi connectivity index (χ0n) is 16.9. The Kier molecular flexibility index (Phi) is 5.90. The van der Waals surface area contributed by atoms with Crippen molar-refractivity contribution in [2.24, 2.45) is 0 Å². The zero-order chi connectivity index (χ0) is 21.8. The van der Waals surface area contributed by atoms with Gasteiger partial charge in [0.15, 0.2) is 5.65 Å². The molecule has 8 heteroatoms. The van der Waals surface area contributed by atoms with Gasteiger partial charge in [0, 0.05) is 37.7 Å². The van der Waals surface area contributed by atoms with E-state index in [0.717, 1.165) is 35.1 Å². The van der Waals surface area contributed by atoms with Crippen molar-refractivity contribution in [3.63, 3.8) is 0 Å². The molecule has 0 bridgehead atoms. The molecule has 0 aliphatic carbocycles. The van der Waals surface area contributed by atoms with Crippen LogP contribution in [0.4, 0.5) is 19.0 Å². The second-order valence-corrected chi connectivity index (χ2v) is 7.02. The van der Waals surface area contributed by atoms with Crippen LogP contribution < -0.4 is 5.32 Å². The van der Waals surface area contributed by atoms with E-state index in [1.54, 1.807) is 17.7 Å². The smallest absolute Gasteiger partial charge is 0.385 e. The monoisotopic (exact) mass is 426 g/mol. The summed E-state index contributed by atoms with van der Waals surface area (Å²) in [4.78, 5) is 8.80. The van der Waals surface area contributed by atoms with Gasteiger partial charge in [0.05, 0.1) is 10.9 Å². The third-order valence-corrected chi connectivity index (χ3v) is 4.94. The molecule has 0 saturated heterocycles. The number of nitrogens with one attached hydrogen (secondary N) is 1. The van der Waals surface area contributed by atoms with Gasteiger partial charge in [-0.05, 0) is 30.2 Å². The predicted octanol–water partition coefficient (Wildman–Crippen LogP) is 5.55. The van der Waals surface area contributed by atoms with Crippen LogP contribution in [0, 0.1) is 0 Å². The highest BCUT2D eigenvalue weighted by Crippen LogP contribution is 2.36. The van der Waals surface area contributed by atoms with Crippen LogP contribution in [0.2, 0.25) is 0 Å². The molecular weight excluding hydrogens is 405 g/mol. The molecule has 0 atom stereocenters. The average molecular weight is 426 g/mol. The number of fused-ring (bicyclic) bond motifs is 1. The maximum Gasteiger partial charge on any atom is 0.416 e. The van der Waals surface area contributed by atoms with Crippen LogP contribution in [0.15, 0.2) is 67.1 Å². The number of nitrogens with zero attached hydrogens (tertiary/aromatic N) is 3. The SMILES string of the molecule is COCCCNc1ncnc2c1c(-c1ccccc1)cn2-c1cccc(C(F)(F)F)c1. The van der Waals surface area contributed by atoms with Crippen LogP contribution in [0.3, 0.4) is 0 Å². The second kappa shape index (κ2) is 8.77. The summed E-state index contributed by atoms with van der Waals surface area (Å²) in [5, 5.41) is 4.06. The van der Waals surface area contributed by atoms with E-state index in [-0.39, 0.29) is 0 Å². The minimum Gasteiger partial charge on any atom is -0.385 e. The fourth-order valence-electron chi connectivity index (χ4n) is 3.48. The molecule has 0 saturated carbocycles. The summed E-state index contributed by atoms with van der Waals surface area (Å²) in [6, 6.07) is 14.9. The van der Waals surface area contributed by atoms with Crippen molar-refractivity contribution in [3.8, 4) is 16.8 Å². The number of hydrogen-bond acceptors (Lipinski definition) is 4. The standard InChI is InChI=1S/C23H21F3N4O/c1-31-12-6-11-27-21-20-19(16-7-3-2-4-8-16)14-30(22(20)29-15-28-21)18-10-5-9-17(13-18)23(24,25)26/h2-5,7-10,13-15H,6,11-12H2,1H3,(H,27,28,29). The molecule has 0 radical (unpaired) electrons. The topological polar surface area (TPSA) is 52.0 Å². The first-order valence-corrected chi connectivity index (χ1v) is 9.81. The number of rotatable bonds is 7. The van der Waals surface area contributed by atoms with Gasteiger partial charge < -0.3 is 14.6 Å². The van der Waals surface area contributed by atoms with Crippen LogP contribution in [-0.4, -0.2) is 34.8 Å². The highest BCUT2D eigenvalue weighted by molar-refractivity contribution is 6.02. The van der Waals surface area contributed by atoms with Crippen LogP contribution in [0.5, 0.6) is 0 Å². The first-order chi connectivity index (χ1) is 15.0. The molecule has 4 aromatic rings. The van der Waals surface area contributed by atoms with Crippen molar-refractivity contribution >= 4 is 16.9 Å². The van der Waals surface area contributed by atoms with E-state index in [1.807, 2.05) is 36.5 Å². The molecule has 5 nitrogen and oxygen atoms in total. The summed E-state index contributed by atoms with van der Waals surface area (Å²) in [7, 11) is 1.64. The molecule has 2 aromatic heterocycles. The highest BCUT2D eigenvalue weighted by Gasteiger charge is 2.30. The number of aromatic nitrogens is 3. The molecule has 0 aliphatic heterocycles. The van der Waals surface area contributed by atoms with E-state index in [4.69, 9.17) is 4.74 Å². The number of hydrogen-bond donors (Lipinski definition) is 1. The van der Waals surface area contributed by atoms with Gasteiger partial charge in [-0.15, -0.1) is 0 Å². The van der Waals surface area contributed by atoms with Gasteiger partial charge in [0.25, 0.3) is 0 Å². The summed E-state index contributed by atoms with van der Waals surface area (Å²) in [6.45, 7) is 1.25. The van der Waals surface area contributed by atoms with Gasteiger partial charge in [-0.25, -0.2) is 9.97 Å². The quantitative estimate of drug-likeness (QED) is 0.394. The molecule has 0 amide bonds. The minimum atomic E-state index is -4.43. The number of methoxy groups -OCH3 is 1. The Bertz CT molecular complexity index is 1170. The molecule has 0 unspecified atom stereocenters. The summed E-state index contributed by atoms with van der Waals surface area (Å²) in [5.41, 5.74) is 1.96. The molecule has 0 aliphatic rings. The molecule has 31 heavy (non-hydrogen) atoms. The molecular formula is C23H21F3N4O. The fourth-order valence-corrected chi connectivity index (χ4v) is 3.48. The molecule has 2 aromatic carbocycles. The van der Waals surface area contributed by atoms with Gasteiger partial charge in [-0.1, -0.05) is 36.4 Å². The number of benzene rings is 2. The van der Waals surface area contributed by atoms with Crippen molar-refractivity contribution in [1.29, 1.82) is 0 Å². The van der Waals surface area contributed by atoms with Crippen molar-refractivity contribution in [2.75, 3.05) is 25.6 Å². The normalized spacial score (nSPS) is 11.7. The highest BCUT2D eigenvalue weighted by atomic mass is 19.4. The summed E-state index contributed by atoms with van der Waals surface area (Å²) < 4.78 is 46.6. The summed E-state index contributed by atoms with van der Waals surface area (Å²) >= 11 is 0. The average Bonchev–Trinajstić information content (AvgIpc) is 3.17. The van der Waals surface area contributed by atoms with E-state index in [9.17, 15) is 13.2 Å². The van der Waals surface area contributed by atoms with Gasteiger partial charge in [-0.3, -0.25) is 0 Å². The Morgan fingerprint density at radius 3 is 2.58 bits per heavy atom. The van der Waals surface area contributed by atoms with Crippen LogP contribution in [0.1, 0.15) is 12.0 Å². The Labute approximate surface area is 177 Å². The number of anilines is 1. The maximum atomic E-state index is 13.3. The lowest BCUT2D eigenvalue weighted by atomic mass is 10.1. The molecule has 1 N–H and O–H groups in total. The zero-order valence-corrected chi connectivity index (χ0v) is 16.9. The summed E-state index contributed by atoms with van der Waals surface area (Å²) in [5.74, 6) is 0.630. The molecule has 4 rings (SSSR count). The number of alkyl halides is 3. The Morgan fingerprint density at radius 1 is 1.03 bits per heavy atom. The van der Waals surface area contributed by atoms with E-state index in [2.05, 4.69) is 15.3 Å². The molecule has 0 spiro atoms. The first-order valence-electron chi connectivity index (χ1n) is 9.81. The van der Waals surface area contributed by atoms with E-state index >= 15 is 0 Å². The van der Waals surface area contributed by atoms with Crippen LogP contribution in [-0.2, 0) is 10.9 Å². The van der Waals surface area contributed by atoms with Crippen molar-refractivity contribution < 1.29 is 17.9 Å². The van der Waals surface area contributed by atoms with Crippen LogP contribution >= 0.6 is 0 Å². The van der Waals surface area contributed by atoms with E-state index < -0.39 is 11.7 Å². The predicted molar refractivity (Wildman–Crippen MR) is 114 cm³/mol. The van der Waals surface area contributed by atoms with Crippen LogP contribution in [0.25, 0.3) is 27.8 Å². The van der Waals surface area contributed by atoms with Gasteiger partial charge in [0.1, 0.15) is 12.1 Å². The third kappa shape index (κ3) is 4.39. The lowest BCUT2D eigenvalue weighted by Gasteiger charge is -2.10. The third-order valence-electron chi connectivity index (χ3n) is 4.94. The van der Waals surface area contributed by atoms with Gasteiger partial charge in [0.2, 0.25) is 0 Å². The maximum absolute atomic E-state index is 13.3. The molecule has 2 heterocycles. The molecule has 160 valence electrons. The minimum absolute atomic E-state index is 0.381. The van der Waals surface area contributed by atoms with E-state index in [1.165, 1.54) is 12.4 Å². The second-order valence-electron chi connectivity index (χ2n) is 7.02. The Balaban J connectivity index is 1.88. The molecule has 0 fully saturated rings. The fraction of sp³-hybridized carbons (Fsp3) is 0.217.